The Morgan fingerprint density at radius 2 is 1.94 bits per heavy atom. The zero-order chi connectivity index (χ0) is 12.8. The van der Waals surface area contributed by atoms with Crippen LogP contribution in [0.2, 0.25) is 0 Å². The van der Waals surface area contributed by atoms with Crippen molar-refractivity contribution in [2.75, 3.05) is 32.7 Å². The van der Waals surface area contributed by atoms with E-state index in [4.69, 9.17) is 0 Å². The summed E-state index contributed by atoms with van der Waals surface area (Å²) in [6.07, 6.45) is 2.95. The van der Waals surface area contributed by atoms with Gasteiger partial charge in [0.1, 0.15) is 0 Å². The molecule has 0 amide bonds. The van der Waals surface area contributed by atoms with Crippen molar-refractivity contribution in [2.45, 2.75) is 32.2 Å². The van der Waals surface area contributed by atoms with Crippen LogP contribution >= 0.6 is 0 Å². The van der Waals surface area contributed by atoms with Crippen LogP contribution in [-0.4, -0.2) is 55.8 Å². The zero-order valence-corrected chi connectivity index (χ0v) is 11.8. The van der Waals surface area contributed by atoms with Crippen LogP contribution in [0, 0.1) is 11.8 Å². The minimum Gasteiger partial charge on any atom is -0.316 e. The van der Waals surface area contributed by atoms with E-state index in [9.17, 15) is 8.42 Å². The molecule has 0 bridgehead atoms. The topological polar surface area (TPSA) is 52.7 Å². The van der Waals surface area contributed by atoms with Gasteiger partial charge in [-0.15, -0.1) is 0 Å². The van der Waals surface area contributed by atoms with E-state index in [1.54, 1.807) is 8.61 Å². The summed E-state index contributed by atoms with van der Waals surface area (Å²) in [5.74, 6) is 1.04. The maximum Gasteiger partial charge on any atom is 0.282 e. The summed E-state index contributed by atoms with van der Waals surface area (Å²) in [6.45, 7) is 6.21. The first-order chi connectivity index (χ1) is 8.64. The normalized spacial score (nSPS) is 38.4. The van der Waals surface area contributed by atoms with E-state index in [-0.39, 0.29) is 6.04 Å². The van der Waals surface area contributed by atoms with Crippen molar-refractivity contribution in [1.29, 1.82) is 0 Å². The van der Waals surface area contributed by atoms with Gasteiger partial charge in [-0.05, 0) is 44.2 Å². The van der Waals surface area contributed by atoms with Crippen molar-refractivity contribution in [3.05, 3.63) is 0 Å². The first-order valence-corrected chi connectivity index (χ1v) is 8.52. The predicted octanol–water partition coefficient (Wildman–Crippen LogP) is 0.257. The molecule has 18 heavy (non-hydrogen) atoms. The molecule has 5 nitrogen and oxygen atoms in total. The third kappa shape index (κ3) is 1.90. The SMILES string of the molecule is CCC1C2CNCC2CN1S(=O)(=O)N1CCCC1. The van der Waals surface area contributed by atoms with Gasteiger partial charge < -0.3 is 5.32 Å². The van der Waals surface area contributed by atoms with Crippen LogP contribution < -0.4 is 5.32 Å². The first kappa shape index (κ1) is 12.8. The predicted molar refractivity (Wildman–Crippen MR) is 70.4 cm³/mol. The molecule has 0 radical (unpaired) electrons. The second-order valence-corrected chi connectivity index (χ2v) is 7.62. The van der Waals surface area contributed by atoms with Crippen molar-refractivity contribution in [3.8, 4) is 0 Å². The Bertz CT molecular complexity index is 406. The van der Waals surface area contributed by atoms with E-state index in [1.807, 2.05) is 0 Å². The molecular weight excluding hydrogens is 250 g/mol. The molecule has 1 N–H and O–H groups in total. The largest absolute Gasteiger partial charge is 0.316 e. The van der Waals surface area contributed by atoms with Gasteiger partial charge in [-0.1, -0.05) is 6.92 Å². The van der Waals surface area contributed by atoms with E-state index in [2.05, 4.69) is 12.2 Å². The van der Waals surface area contributed by atoms with Crippen LogP contribution in [0.25, 0.3) is 0 Å². The van der Waals surface area contributed by atoms with Gasteiger partial charge in [0.25, 0.3) is 10.2 Å². The van der Waals surface area contributed by atoms with Crippen molar-refractivity contribution in [1.82, 2.24) is 13.9 Å². The fourth-order valence-electron chi connectivity index (χ4n) is 3.82. The van der Waals surface area contributed by atoms with Crippen LogP contribution in [0.5, 0.6) is 0 Å². The molecule has 0 saturated carbocycles. The Morgan fingerprint density at radius 1 is 1.22 bits per heavy atom. The molecule has 3 aliphatic heterocycles. The first-order valence-electron chi connectivity index (χ1n) is 7.12. The van der Waals surface area contributed by atoms with E-state index >= 15 is 0 Å². The molecule has 3 aliphatic rings. The Kier molecular flexibility index (Phi) is 3.38. The van der Waals surface area contributed by atoms with Gasteiger partial charge in [-0.2, -0.15) is 17.0 Å². The summed E-state index contributed by atoms with van der Waals surface area (Å²) in [7, 11) is -3.20. The summed E-state index contributed by atoms with van der Waals surface area (Å²) in [5, 5.41) is 3.40. The highest BCUT2D eigenvalue weighted by Gasteiger charge is 2.49. The zero-order valence-electron chi connectivity index (χ0n) is 11.0. The van der Waals surface area contributed by atoms with Crippen molar-refractivity contribution < 1.29 is 8.42 Å². The molecule has 0 aliphatic carbocycles. The fraction of sp³-hybridized carbons (Fsp3) is 1.00. The monoisotopic (exact) mass is 273 g/mol. The summed E-state index contributed by atoms with van der Waals surface area (Å²) in [6, 6.07) is 0.204. The van der Waals surface area contributed by atoms with Gasteiger partial charge in [0.2, 0.25) is 0 Å². The average Bonchev–Trinajstić information content (AvgIpc) is 3.05. The van der Waals surface area contributed by atoms with Gasteiger partial charge >= 0.3 is 0 Å². The number of nitrogens with zero attached hydrogens (tertiary/aromatic N) is 2. The van der Waals surface area contributed by atoms with Crippen molar-refractivity contribution >= 4 is 10.2 Å². The third-order valence-electron chi connectivity index (χ3n) is 4.78. The highest BCUT2D eigenvalue weighted by atomic mass is 32.2. The molecule has 0 spiro atoms. The second kappa shape index (κ2) is 4.74. The third-order valence-corrected chi connectivity index (χ3v) is 6.81. The van der Waals surface area contributed by atoms with Crippen LogP contribution in [0.4, 0.5) is 0 Å². The summed E-state index contributed by atoms with van der Waals surface area (Å²) < 4.78 is 28.8. The smallest absolute Gasteiger partial charge is 0.282 e. The summed E-state index contributed by atoms with van der Waals surface area (Å²) >= 11 is 0. The van der Waals surface area contributed by atoms with E-state index < -0.39 is 10.2 Å². The lowest BCUT2D eigenvalue weighted by Gasteiger charge is -2.30. The highest BCUT2D eigenvalue weighted by Crippen LogP contribution is 2.37. The van der Waals surface area contributed by atoms with Gasteiger partial charge in [-0.3, -0.25) is 0 Å². The van der Waals surface area contributed by atoms with E-state index in [0.717, 1.165) is 38.9 Å². The number of nitrogens with one attached hydrogen (secondary N) is 1. The minimum atomic E-state index is -3.20. The highest BCUT2D eigenvalue weighted by molar-refractivity contribution is 7.86. The van der Waals surface area contributed by atoms with E-state index in [0.29, 0.717) is 24.9 Å². The number of hydrogen-bond acceptors (Lipinski definition) is 3. The maximum atomic E-state index is 12.7. The quantitative estimate of drug-likeness (QED) is 0.802. The standard InChI is InChI=1S/C12H23N3O2S/c1-2-12-11-8-13-7-10(11)9-15(12)18(16,17)14-5-3-4-6-14/h10-13H,2-9H2,1H3. The Morgan fingerprint density at radius 3 is 2.61 bits per heavy atom. The van der Waals surface area contributed by atoms with Gasteiger partial charge in [0, 0.05) is 25.7 Å². The maximum absolute atomic E-state index is 12.7. The van der Waals surface area contributed by atoms with Crippen molar-refractivity contribution in [3.63, 3.8) is 0 Å². The molecule has 3 atom stereocenters. The average molecular weight is 273 g/mol. The molecule has 0 aromatic rings. The fourth-order valence-corrected chi connectivity index (χ4v) is 5.87. The lowest BCUT2D eigenvalue weighted by Crippen LogP contribution is -2.46. The van der Waals surface area contributed by atoms with Crippen molar-refractivity contribution in [2.24, 2.45) is 11.8 Å². The number of rotatable bonds is 3. The molecule has 3 unspecified atom stereocenters. The lowest BCUT2D eigenvalue weighted by atomic mass is 9.93. The van der Waals surface area contributed by atoms with Crippen LogP contribution in [0.1, 0.15) is 26.2 Å². The van der Waals surface area contributed by atoms with Crippen LogP contribution in [0.3, 0.4) is 0 Å². The summed E-state index contributed by atoms with van der Waals surface area (Å²) in [4.78, 5) is 0. The summed E-state index contributed by atoms with van der Waals surface area (Å²) in [5.41, 5.74) is 0. The Labute approximate surface area is 110 Å². The Balaban J connectivity index is 1.83. The lowest BCUT2D eigenvalue weighted by molar-refractivity contribution is 0.304. The number of hydrogen-bond donors (Lipinski definition) is 1. The van der Waals surface area contributed by atoms with Gasteiger partial charge in [0.15, 0.2) is 0 Å². The Hall–Kier alpha value is -0.170. The van der Waals surface area contributed by atoms with Gasteiger partial charge in [0.05, 0.1) is 0 Å². The minimum absolute atomic E-state index is 0.204. The molecule has 0 aromatic carbocycles. The molecule has 6 heteroatoms. The van der Waals surface area contributed by atoms with Crippen LogP contribution in [0.15, 0.2) is 0 Å². The molecular formula is C12H23N3O2S. The molecule has 3 saturated heterocycles. The van der Waals surface area contributed by atoms with Gasteiger partial charge in [-0.25, -0.2) is 0 Å². The molecule has 3 rings (SSSR count). The van der Waals surface area contributed by atoms with E-state index in [1.165, 1.54) is 0 Å². The molecule has 0 aromatic heterocycles. The second-order valence-electron chi connectivity index (χ2n) is 5.74. The number of fused-ring (bicyclic) bond motifs is 1. The molecule has 104 valence electrons. The molecule has 3 heterocycles. The molecule has 3 fully saturated rings. The van der Waals surface area contributed by atoms with Crippen LogP contribution in [-0.2, 0) is 10.2 Å².